The molecule has 3 aromatic heterocycles. The molecule has 0 saturated heterocycles. The monoisotopic (exact) mass is 575 g/mol. The normalized spacial score (nSPS) is 11.8. The van der Waals surface area contributed by atoms with E-state index in [-0.39, 0.29) is 0 Å². The summed E-state index contributed by atoms with van der Waals surface area (Å²) in [6, 6.07) is 16.9. The van der Waals surface area contributed by atoms with Crippen LogP contribution in [0.1, 0.15) is 31.9 Å². The highest BCUT2D eigenvalue weighted by Crippen LogP contribution is 2.36. The van der Waals surface area contributed by atoms with E-state index in [9.17, 15) is 4.79 Å². The number of nitrogens with zero attached hydrogens (tertiary/aromatic N) is 3. The van der Waals surface area contributed by atoms with E-state index < -0.39 is 17.7 Å². The highest BCUT2D eigenvalue weighted by molar-refractivity contribution is 6.10. The first kappa shape index (κ1) is 29.1. The van der Waals surface area contributed by atoms with Gasteiger partial charge in [0.25, 0.3) is 0 Å². The number of alkyl carbamates (subject to hydrolysis) is 1. The Labute approximate surface area is 250 Å². The lowest BCUT2D eigenvalue weighted by Gasteiger charge is -2.21. The third-order valence-electron chi connectivity index (χ3n) is 6.61. The molecule has 0 aliphatic rings. The topological polar surface area (TPSA) is 121 Å². The van der Waals surface area contributed by atoms with Crippen LogP contribution in [0.25, 0.3) is 32.9 Å². The maximum Gasteiger partial charge on any atom is 0.408 e. The van der Waals surface area contributed by atoms with Crippen molar-refractivity contribution in [2.24, 2.45) is 0 Å². The van der Waals surface area contributed by atoms with Crippen LogP contribution in [0.15, 0.2) is 73.2 Å². The minimum absolute atomic E-state index is 0.345. The first-order chi connectivity index (χ1) is 20.6. The molecular weight excluding hydrogens is 542 g/mol. The molecule has 9 heteroatoms. The van der Waals surface area contributed by atoms with Gasteiger partial charge in [-0.25, -0.2) is 9.78 Å². The molecule has 5 rings (SSSR count). The lowest BCUT2D eigenvalue weighted by molar-refractivity contribution is 0.0516. The summed E-state index contributed by atoms with van der Waals surface area (Å²) in [6.07, 6.45) is 5.08. The van der Waals surface area contributed by atoms with Gasteiger partial charge in [-0.2, -0.15) is 0 Å². The average molecular weight is 576 g/mol. The van der Waals surface area contributed by atoms with Crippen molar-refractivity contribution < 1.29 is 19.0 Å². The Morgan fingerprint density at radius 2 is 1.70 bits per heavy atom. The van der Waals surface area contributed by atoms with Gasteiger partial charge in [-0.15, -0.1) is 0 Å². The summed E-state index contributed by atoms with van der Waals surface area (Å²) in [6.45, 7) is 5.46. The Morgan fingerprint density at radius 3 is 2.42 bits per heavy atom. The van der Waals surface area contributed by atoms with Crippen molar-refractivity contribution in [3.05, 3.63) is 84.3 Å². The number of benzene rings is 2. The predicted octanol–water partition coefficient (Wildman–Crippen LogP) is 5.93. The van der Waals surface area contributed by atoms with Crippen LogP contribution in [0.5, 0.6) is 11.5 Å². The maximum atomic E-state index is 12.6. The molecule has 0 fully saturated rings. The van der Waals surface area contributed by atoms with Crippen molar-refractivity contribution in [1.29, 1.82) is 0 Å². The van der Waals surface area contributed by atoms with E-state index in [0.29, 0.717) is 35.0 Å². The minimum Gasteiger partial charge on any atom is -0.493 e. The van der Waals surface area contributed by atoms with Gasteiger partial charge >= 0.3 is 6.09 Å². The Kier molecular flexibility index (Phi) is 8.30. The third-order valence-corrected chi connectivity index (χ3v) is 6.61. The van der Waals surface area contributed by atoms with Crippen LogP contribution in [-0.4, -0.2) is 46.9 Å². The number of nitrogens with two attached hydrogens (primary N) is 1. The first-order valence-corrected chi connectivity index (χ1v) is 13.7. The highest BCUT2D eigenvalue weighted by atomic mass is 16.6. The second-order valence-corrected chi connectivity index (χ2v) is 11.0. The number of anilines is 1. The Hall–Kier alpha value is -5.36. The molecule has 2 aromatic carbocycles. The number of rotatable bonds is 6. The number of ether oxygens (including phenoxy) is 3. The molecule has 5 aromatic rings. The molecule has 1 atom stereocenters. The van der Waals surface area contributed by atoms with Gasteiger partial charge < -0.3 is 25.3 Å². The molecule has 9 nitrogen and oxygen atoms in total. The number of amides is 1. The van der Waals surface area contributed by atoms with Crippen LogP contribution in [-0.2, 0) is 11.2 Å². The van der Waals surface area contributed by atoms with Crippen LogP contribution >= 0.6 is 0 Å². The van der Waals surface area contributed by atoms with E-state index in [4.69, 9.17) is 19.9 Å². The zero-order valence-electron chi connectivity index (χ0n) is 24.8. The van der Waals surface area contributed by atoms with Crippen LogP contribution in [0.2, 0.25) is 0 Å². The van der Waals surface area contributed by atoms with E-state index in [0.717, 1.165) is 32.8 Å². The third kappa shape index (κ3) is 6.93. The number of carbonyl (C=O) groups excluding carboxylic acids is 1. The summed E-state index contributed by atoms with van der Waals surface area (Å²) < 4.78 is 16.4. The molecule has 1 amide bonds. The van der Waals surface area contributed by atoms with Gasteiger partial charge in [-0.05, 0) is 49.9 Å². The van der Waals surface area contributed by atoms with Crippen molar-refractivity contribution in [3.8, 4) is 34.6 Å². The molecule has 0 saturated carbocycles. The van der Waals surface area contributed by atoms with Gasteiger partial charge in [-0.1, -0.05) is 42.2 Å². The van der Waals surface area contributed by atoms with Crippen LogP contribution in [0.3, 0.4) is 0 Å². The van der Waals surface area contributed by atoms with E-state index >= 15 is 0 Å². The number of nitrogen functional groups attached to an aromatic ring is 1. The molecule has 0 radical (unpaired) electrons. The Morgan fingerprint density at radius 1 is 0.953 bits per heavy atom. The fourth-order valence-electron chi connectivity index (χ4n) is 4.66. The van der Waals surface area contributed by atoms with E-state index in [1.807, 2.05) is 75.4 Å². The smallest absolute Gasteiger partial charge is 0.408 e. The van der Waals surface area contributed by atoms with Crippen LogP contribution in [0.4, 0.5) is 10.6 Å². The largest absolute Gasteiger partial charge is 0.493 e. The Bertz CT molecular complexity index is 1860. The summed E-state index contributed by atoms with van der Waals surface area (Å²) in [5, 5.41) is 5.34. The molecular formula is C34H33N5O4. The number of hydrogen-bond acceptors (Lipinski definition) is 8. The second kappa shape index (κ2) is 12.2. The number of nitrogens with one attached hydrogen (secondary N) is 1. The van der Waals surface area contributed by atoms with E-state index in [2.05, 4.69) is 32.1 Å². The number of aromatic nitrogens is 3. The Balaban J connectivity index is 1.50. The summed E-state index contributed by atoms with van der Waals surface area (Å²) in [5.41, 5.74) is 9.59. The predicted molar refractivity (Wildman–Crippen MR) is 168 cm³/mol. The van der Waals surface area contributed by atoms with Gasteiger partial charge in [0, 0.05) is 53.0 Å². The lowest BCUT2D eigenvalue weighted by Crippen LogP contribution is -2.39. The van der Waals surface area contributed by atoms with Gasteiger partial charge in [0.05, 0.1) is 31.5 Å². The van der Waals surface area contributed by atoms with Crippen molar-refractivity contribution in [3.63, 3.8) is 0 Å². The molecule has 3 N–H and O–H groups in total. The number of carbonyl (C=O) groups is 1. The van der Waals surface area contributed by atoms with Crippen molar-refractivity contribution in [2.45, 2.75) is 38.8 Å². The first-order valence-electron chi connectivity index (χ1n) is 13.7. The van der Waals surface area contributed by atoms with E-state index in [1.165, 1.54) is 0 Å². The van der Waals surface area contributed by atoms with Crippen molar-refractivity contribution in [1.82, 2.24) is 20.3 Å². The van der Waals surface area contributed by atoms with Crippen LogP contribution in [0, 0.1) is 11.8 Å². The van der Waals surface area contributed by atoms with Gasteiger partial charge in [0.1, 0.15) is 11.4 Å². The lowest BCUT2D eigenvalue weighted by atomic mass is 10.0. The molecule has 0 spiro atoms. The van der Waals surface area contributed by atoms with Crippen molar-refractivity contribution in [2.75, 3.05) is 20.0 Å². The van der Waals surface area contributed by atoms with Gasteiger partial charge in [0.15, 0.2) is 11.5 Å². The zero-order chi connectivity index (χ0) is 30.6. The summed E-state index contributed by atoms with van der Waals surface area (Å²) in [5.74, 6) is 7.88. The average Bonchev–Trinajstić information content (AvgIpc) is 2.98. The molecule has 1 unspecified atom stereocenters. The minimum atomic E-state index is -0.625. The molecule has 0 aliphatic heterocycles. The standard InChI is InChI=1S/C34H33N5O4/c1-34(2,3)43-33(40)38-24(14-21-9-7-6-8-10-21)12-11-22-13-23(19-36-18-22)28-15-25-26-16-30(41-4)31(42-5)17-29(26)37-20-27(25)32(35)39-28/h6-10,13,15-20,24H,14H2,1-5H3,(H2,35,39)(H,38,40). The number of fused-ring (bicyclic) bond motifs is 3. The molecule has 0 bridgehead atoms. The fourth-order valence-corrected chi connectivity index (χ4v) is 4.66. The second-order valence-electron chi connectivity index (χ2n) is 11.0. The number of pyridine rings is 3. The molecule has 3 heterocycles. The van der Waals surface area contributed by atoms with Crippen LogP contribution < -0.4 is 20.5 Å². The summed E-state index contributed by atoms with van der Waals surface area (Å²) >= 11 is 0. The summed E-state index contributed by atoms with van der Waals surface area (Å²) in [7, 11) is 3.18. The summed E-state index contributed by atoms with van der Waals surface area (Å²) in [4.78, 5) is 26.2. The number of hydrogen-bond donors (Lipinski definition) is 2. The highest BCUT2D eigenvalue weighted by Gasteiger charge is 2.19. The van der Waals surface area contributed by atoms with Crippen molar-refractivity contribution >= 4 is 33.6 Å². The van der Waals surface area contributed by atoms with Gasteiger partial charge in [0.2, 0.25) is 0 Å². The maximum absolute atomic E-state index is 12.6. The molecule has 218 valence electrons. The van der Waals surface area contributed by atoms with Gasteiger partial charge in [-0.3, -0.25) is 9.97 Å². The van der Waals surface area contributed by atoms with E-state index in [1.54, 1.807) is 32.8 Å². The zero-order valence-corrected chi connectivity index (χ0v) is 24.8. The number of methoxy groups -OCH3 is 2. The molecule has 0 aliphatic carbocycles. The fraction of sp³-hybridized carbons (Fsp3) is 0.235. The molecule has 43 heavy (non-hydrogen) atoms. The quantitative estimate of drug-likeness (QED) is 0.189. The SMILES string of the molecule is COc1cc2ncc3c(N)nc(-c4cncc(C#CC(Cc5ccccc5)NC(=O)OC(C)(C)C)c4)cc3c2cc1OC.